The minimum atomic E-state index is -0.751. The van der Waals surface area contributed by atoms with Crippen LogP contribution < -0.4 is 0 Å². The fraction of sp³-hybridized carbons (Fsp3) is 0.500. The monoisotopic (exact) mass is 285 g/mol. The van der Waals surface area contributed by atoms with Gasteiger partial charge in [-0.05, 0) is 18.6 Å². The molecule has 2 aromatic heterocycles. The number of fused-ring (bicyclic) bond motifs is 1. The van der Waals surface area contributed by atoms with Crippen molar-refractivity contribution in [2.24, 2.45) is 0 Å². The number of halogens is 1. The average molecular weight is 286 g/mol. The topological polar surface area (TPSA) is 47.8 Å². The van der Waals surface area contributed by atoms with E-state index in [1.807, 2.05) is 12.1 Å². The maximum Gasteiger partial charge on any atom is 0.159 e. The van der Waals surface area contributed by atoms with E-state index >= 15 is 0 Å². The van der Waals surface area contributed by atoms with Gasteiger partial charge in [0.15, 0.2) is 5.65 Å². The van der Waals surface area contributed by atoms with Gasteiger partial charge >= 0.3 is 0 Å². The number of aromatic nitrogens is 3. The molecule has 0 aliphatic heterocycles. The number of rotatable bonds is 6. The molecule has 0 spiro atoms. The molecule has 0 saturated heterocycles. The van der Waals surface area contributed by atoms with Crippen molar-refractivity contribution in [3.05, 3.63) is 24.2 Å². The standard InChI is InChI=1S/C12H16ClN3OS/c1-18(17)9-3-8-16-11(5-6-13)15-10-4-2-7-14-12(10)16/h2,4,7H,3,5-6,8-9H2,1H3. The molecular weight excluding hydrogens is 270 g/mol. The number of pyridine rings is 1. The van der Waals surface area contributed by atoms with Gasteiger partial charge < -0.3 is 4.57 Å². The Morgan fingerprint density at radius 1 is 1.50 bits per heavy atom. The predicted molar refractivity (Wildman–Crippen MR) is 75.5 cm³/mol. The third kappa shape index (κ3) is 3.09. The smallest absolute Gasteiger partial charge is 0.159 e. The lowest BCUT2D eigenvalue weighted by Gasteiger charge is -2.06. The van der Waals surface area contributed by atoms with Crippen LogP contribution in [0.25, 0.3) is 11.2 Å². The zero-order valence-electron chi connectivity index (χ0n) is 10.3. The van der Waals surface area contributed by atoms with Crippen LogP contribution in [0.2, 0.25) is 0 Å². The molecule has 2 aromatic rings. The molecule has 6 heteroatoms. The molecule has 0 aliphatic rings. The summed E-state index contributed by atoms with van der Waals surface area (Å²) in [6.45, 7) is 0.791. The first-order valence-electron chi connectivity index (χ1n) is 5.88. The van der Waals surface area contributed by atoms with Crippen molar-refractivity contribution in [2.75, 3.05) is 17.9 Å². The average Bonchev–Trinajstić information content (AvgIpc) is 2.68. The second-order valence-corrected chi connectivity index (χ2v) is 6.03. The SMILES string of the molecule is CS(=O)CCCn1c(CCCl)nc2cccnc21. The quantitative estimate of drug-likeness (QED) is 0.763. The van der Waals surface area contributed by atoms with Gasteiger partial charge in [-0.1, -0.05) is 0 Å². The minimum Gasteiger partial charge on any atom is -0.313 e. The lowest BCUT2D eigenvalue weighted by atomic mass is 10.4. The third-order valence-corrected chi connectivity index (χ3v) is 3.77. The van der Waals surface area contributed by atoms with Crippen LogP contribution in [0.4, 0.5) is 0 Å². The van der Waals surface area contributed by atoms with Crippen LogP contribution in [0.3, 0.4) is 0 Å². The van der Waals surface area contributed by atoms with Crippen molar-refractivity contribution in [1.29, 1.82) is 0 Å². The van der Waals surface area contributed by atoms with E-state index in [0.29, 0.717) is 11.6 Å². The molecule has 0 aromatic carbocycles. The molecule has 0 amide bonds. The number of alkyl halides is 1. The summed E-state index contributed by atoms with van der Waals surface area (Å²) in [5.41, 5.74) is 1.79. The predicted octanol–water partition coefficient (Wildman–Crippen LogP) is 1.98. The maximum absolute atomic E-state index is 11.1. The molecule has 2 rings (SSSR count). The van der Waals surface area contributed by atoms with Crippen LogP contribution >= 0.6 is 11.6 Å². The van der Waals surface area contributed by atoms with Gasteiger partial charge in [0.05, 0.1) is 0 Å². The van der Waals surface area contributed by atoms with Gasteiger partial charge in [-0.2, -0.15) is 0 Å². The highest BCUT2D eigenvalue weighted by molar-refractivity contribution is 7.84. The largest absolute Gasteiger partial charge is 0.313 e. The van der Waals surface area contributed by atoms with E-state index in [1.54, 1.807) is 12.5 Å². The molecule has 0 saturated carbocycles. The van der Waals surface area contributed by atoms with E-state index in [0.717, 1.165) is 36.4 Å². The van der Waals surface area contributed by atoms with E-state index in [-0.39, 0.29) is 0 Å². The second-order valence-electron chi connectivity index (χ2n) is 4.10. The molecule has 1 atom stereocenters. The van der Waals surface area contributed by atoms with Gasteiger partial charge in [-0.3, -0.25) is 4.21 Å². The highest BCUT2D eigenvalue weighted by Gasteiger charge is 2.10. The van der Waals surface area contributed by atoms with Crippen LogP contribution in [0.1, 0.15) is 12.2 Å². The summed E-state index contributed by atoms with van der Waals surface area (Å²) in [6, 6.07) is 3.83. The number of aryl methyl sites for hydroxylation is 2. The van der Waals surface area contributed by atoms with Crippen molar-refractivity contribution in [1.82, 2.24) is 14.5 Å². The Morgan fingerprint density at radius 2 is 2.33 bits per heavy atom. The fourth-order valence-electron chi connectivity index (χ4n) is 1.94. The Labute approximate surface area is 114 Å². The molecule has 0 aliphatic carbocycles. The summed E-state index contributed by atoms with van der Waals surface area (Å²) < 4.78 is 13.2. The van der Waals surface area contributed by atoms with Gasteiger partial charge in [-0.25, -0.2) is 9.97 Å². The van der Waals surface area contributed by atoms with Gasteiger partial charge in [0, 0.05) is 47.9 Å². The van der Waals surface area contributed by atoms with Crippen LogP contribution in [0, 0.1) is 0 Å². The highest BCUT2D eigenvalue weighted by atomic mass is 35.5. The molecular formula is C12H16ClN3OS. The summed E-state index contributed by atoms with van der Waals surface area (Å²) in [7, 11) is -0.751. The van der Waals surface area contributed by atoms with Crippen molar-refractivity contribution in [2.45, 2.75) is 19.4 Å². The van der Waals surface area contributed by atoms with E-state index in [4.69, 9.17) is 11.6 Å². The summed E-state index contributed by atoms with van der Waals surface area (Å²) in [4.78, 5) is 8.90. The zero-order chi connectivity index (χ0) is 13.0. The van der Waals surface area contributed by atoms with E-state index in [2.05, 4.69) is 14.5 Å². The summed E-state index contributed by atoms with van der Waals surface area (Å²) in [5.74, 6) is 2.20. The van der Waals surface area contributed by atoms with Crippen molar-refractivity contribution in [3.63, 3.8) is 0 Å². The number of nitrogens with zero attached hydrogens (tertiary/aromatic N) is 3. The fourth-order valence-corrected chi connectivity index (χ4v) is 2.65. The Hall–Kier alpha value is -0.940. The van der Waals surface area contributed by atoms with E-state index < -0.39 is 10.8 Å². The maximum atomic E-state index is 11.1. The van der Waals surface area contributed by atoms with Crippen molar-refractivity contribution >= 4 is 33.6 Å². The molecule has 1 unspecified atom stereocenters. The highest BCUT2D eigenvalue weighted by Crippen LogP contribution is 2.15. The molecule has 18 heavy (non-hydrogen) atoms. The normalized spacial score (nSPS) is 13.0. The first-order valence-corrected chi connectivity index (χ1v) is 8.14. The van der Waals surface area contributed by atoms with Gasteiger partial charge in [0.2, 0.25) is 0 Å². The summed E-state index contributed by atoms with van der Waals surface area (Å²) in [5, 5.41) is 0. The first-order chi connectivity index (χ1) is 8.72. The lowest BCUT2D eigenvalue weighted by molar-refractivity contribution is 0.647. The molecule has 0 radical (unpaired) electrons. The first kappa shape index (κ1) is 13.5. The molecule has 0 bridgehead atoms. The molecule has 0 fully saturated rings. The van der Waals surface area contributed by atoms with Crippen LogP contribution in [-0.4, -0.2) is 36.6 Å². The Kier molecular flexibility index (Phi) is 4.72. The number of hydrogen-bond donors (Lipinski definition) is 0. The van der Waals surface area contributed by atoms with Crippen LogP contribution in [-0.2, 0) is 23.8 Å². The summed E-state index contributed by atoms with van der Waals surface area (Å²) in [6.07, 6.45) is 5.08. The minimum absolute atomic E-state index is 0.545. The molecule has 2 heterocycles. The lowest BCUT2D eigenvalue weighted by Crippen LogP contribution is -2.08. The van der Waals surface area contributed by atoms with Gasteiger partial charge in [0.1, 0.15) is 11.3 Å². The number of imidazole rings is 1. The summed E-state index contributed by atoms with van der Waals surface area (Å²) >= 11 is 5.80. The van der Waals surface area contributed by atoms with Crippen molar-refractivity contribution < 1.29 is 4.21 Å². The Bertz CT molecular complexity index is 555. The van der Waals surface area contributed by atoms with Gasteiger partial charge in [-0.15, -0.1) is 11.6 Å². The van der Waals surface area contributed by atoms with Gasteiger partial charge in [0.25, 0.3) is 0 Å². The number of hydrogen-bond acceptors (Lipinski definition) is 3. The molecule has 4 nitrogen and oxygen atoms in total. The van der Waals surface area contributed by atoms with E-state index in [1.165, 1.54) is 0 Å². The Balaban J connectivity index is 2.26. The molecule has 0 N–H and O–H groups in total. The Morgan fingerprint density at radius 3 is 3.06 bits per heavy atom. The van der Waals surface area contributed by atoms with E-state index in [9.17, 15) is 4.21 Å². The zero-order valence-corrected chi connectivity index (χ0v) is 11.9. The molecule has 98 valence electrons. The van der Waals surface area contributed by atoms with Crippen LogP contribution in [0.15, 0.2) is 18.3 Å². The van der Waals surface area contributed by atoms with Crippen LogP contribution in [0.5, 0.6) is 0 Å². The second kappa shape index (κ2) is 6.29. The third-order valence-electron chi connectivity index (χ3n) is 2.71. The van der Waals surface area contributed by atoms with Crippen molar-refractivity contribution in [3.8, 4) is 0 Å².